The van der Waals surface area contributed by atoms with Crippen molar-refractivity contribution in [1.29, 1.82) is 0 Å². The third-order valence-corrected chi connectivity index (χ3v) is 4.80. The Bertz CT molecular complexity index is 968. The van der Waals surface area contributed by atoms with Gasteiger partial charge >= 0.3 is 0 Å². The monoisotopic (exact) mass is 368 g/mol. The van der Waals surface area contributed by atoms with E-state index in [9.17, 15) is 4.79 Å². The van der Waals surface area contributed by atoms with E-state index in [1.165, 1.54) is 0 Å². The molecule has 0 bridgehead atoms. The molecular weight excluding hydrogens is 344 g/mol. The van der Waals surface area contributed by atoms with Crippen LogP contribution < -0.4 is 10.2 Å². The standard InChI is InChI=1S/C19H24N6O2/c1-13(2)25-12-15(11-20-25)21-18(26)14-4-5-17-16(10-14)22-19(23(17)3)24-6-8-27-9-7-24/h4-5,10-13H,6-9H2,1-3H3,(H,21,26). The SMILES string of the molecule is CC(C)n1cc(NC(=O)c2ccc3c(c2)nc(N2CCOCC2)n3C)cn1. The van der Waals surface area contributed by atoms with Crippen molar-refractivity contribution in [3.63, 3.8) is 0 Å². The highest BCUT2D eigenvalue weighted by Crippen LogP contribution is 2.23. The van der Waals surface area contributed by atoms with Gasteiger partial charge < -0.3 is 19.5 Å². The topological polar surface area (TPSA) is 77.2 Å². The number of anilines is 2. The number of hydrogen-bond donors (Lipinski definition) is 1. The van der Waals surface area contributed by atoms with Crippen LogP contribution in [0.15, 0.2) is 30.6 Å². The Balaban J connectivity index is 1.57. The number of amides is 1. The first-order valence-corrected chi connectivity index (χ1v) is 9.17. The van der Waals surface area contributed by atoms with Crippen LogP contribution in [0.4, 0.5) is 11.6 Å². The van der Waals surface area contributed by atoms with Gasteiger partial charge in [0, 0.05) is 37.9 Å². The lowest BCUT2D eigenvalue weighted by atomic mass is 10.2. The van der Waals surface area contributed by atoms with Gasteiger partial charge in [-0.25, -0.2) is 4.98 Å². The molecule has 3 aromatic rings. The van der Waals surface area contributed by atoms with Crippen LogP contribution in [-0.2, 0) is 11.8 Å². The number of hydrogen-bond acceptors (Lipinski definition) is 5. The smallest absolute Gasteiger partial charge is 0.255 e. The molecule has 1 aliphatic rings. The lowest BCUT2D eigenvalue weighted by molar-refractivity contribution is 0.102. The number of benzene rings is 1. The van der Waals surface area contributed by atoms with Crippen LogP contribution >= 0.6 is 0 Å². The minimum absolute atomic E-state index is 0.168. The third kappa shape index (κ3) is 3.40. The summed E-state index contributed by atoms with van der Waals surface area (Å²) < 4.78 is 9.30. The highest BCUT2D eigenvalue weighted by Gasteiger charge is 2.18. The van der Waals surface area contributed by atoms with E-state index >= 15 is 0 Å². The molecule has 1 aliphatic heterocycles. The highest BCUT2D eigenvalue weighted by molar-refractivity contribution is 6.06. The van der Waals surface area contributed by atoms with Crippen molar-refractivity contribution >= 4 is 28.6 Å². The minimum atomic E-state index is -0.168. The van der Waals surface area contributed by atoms with Gasteiger partial charge in [-0.05, 0) is 32.0 Å². The van der Waals surface area contributed by atoms with Crippen LogP contribution in [-0.4, -0.2) is 51.5 Å². The molecule has 1 fully saturated rings. The summed E-state index contributed by atoms with van der Waals surface area (Å²) in [5, 5.41) is 7.15. The van der Waals surface area contributed by atoms with Crippen molar-refractivity contribution in [3.8, 4) is 0 Å². The van der Waals surface area contributed by atoms with Gasteiger partial charge in [0.25, 0.3) is 5.91 Å². The molecule has 0 unspecified atom stereocenters. The number of imidazole rings is 1. The van der Waals surface area contributed by atoms with E-state index < -0.39 is 0 Å². The van der Waals surface area contributed by atoms with Gasteiger partial charge in [-0.1, -0.05) is 0 Å². The molecule has 1 N–H and O–H groups in total. The number of fused-ring (bicyclic) bond motifs is 1. The highest BCUT2D eigenvalue weighted by atomic mass is 16.5. The maximum absolute atomic E-state index is 12.6. The number of nitrogens with zero attached hydrogens (tertiary/aromatic N) is 5. The normalized spacial score (nSPS) is 14.9. The molecule has 1 saturated heterocycles. The first-order chi connectivity index (χ1) is 13.0. The Morgan fingerprint density at radius 2 is 2.04 bits per heavy atom. The minimum Gasteiger partial charge on any atom is -0.378 e. The zero-order valence-electron chi connectivity index (χ0n) is 15.8. The predicted molar refractivity (Wildman–Crippen MR) is 104 cm³/mol. The Labute approximate surface area is 157 Å². The number of ether oxygens (including phenoxy) is 1. The number of rotatable bonds is 4. The molecular formula is C19H24N6O2. The molecule has 1 amide bonds. The molecule has 3 heterocycles. The molecule has 0 atom stereocenters. The van der Waals surface area contributed by atoms with Gasteiger partial charge in [0.05, 0.1) is 36.1 Å². The first-order valence-electron chi connectivity index (χ1n) is 9.17. The molecule has 27 heavy (non-hydrogen) atoms. The number of aryl methyl sites for hydroxylation is 1. The van der Waals surface area contributed by atoms with E-state index in [1.54, 1.807) is 6.20 Å². The van der Waals surface area contributed by atoms with Gasteiger partial charge in [-0.3, -0.25) is 9.48 Å². The maximum atomic E-state index is 12.6. The second-order valence-corrected chi connectivity index (χ2v) is 7.03. The zero-order valence-corrected chi connectivity index (χ0v) is 15.8. The van der Waals surface area contributed by atoms with E-state index in [4.69, 9.17) is 9.72 Å². The fraction of sp³-hybridized carbons (Fsp3) is 0.421. The van der Waals surface area contributed by atoms with Gasteiger partial charge in [-0.2, -0.15) is 5.10 Å². The quantitative estimate of drug-likeness (QED) is 0.765. The van der Waals surface area contributed by atoms with Crippen LogP contribution in [0.2, 0.25) is 0 Å². The summed E-state index contributed by atoms with van der Waals surface area (Å²) in [6, 6.07) is 5.86. The van der Waals surface area contributed by atoms with E-state index in [0.29, 0.717) is 24.5 Å². The van der Waals surface area contributed by atoms with Gasteiger partial charge in [0.1, 0.15) is 0 Å². The van der Waals surface area contributed by atoms with E-state index in [0.717, 1.165) is 30.1 Å². The molecule has 2 aromatic heterocycles. The van der Waals surface area contributed by atoms with Crippen molar-refractivity contribution in [3.05, 3.63) is 36.2 Å². The molecule has 1 aromatic carbocycles. The Hall–Kier alpha value is -2.87. The molecule has 0 saturated carbocycles. The average molecular weight is 368 g/mol. The fourth-order valence-corrected chi connectivity index (χ4v) is 3.26. The molecule has 0 aliphatic carbocycles. The lowest BCUT2D eigenvalue weighted by Gasteiger charge is -2.27. The third-order valence-electron chi connectivity index (χ3n) is 4.80. The summed E-state index contributed by atoms with van der Waals surface area (Å²) in [4.78, 5) is 19.6. The number of aromatic nitrogens is 4. The van der Waals surface area contributed by atoms with Crippen LogP contribution in [0, 0.1) is 0 Å². The van der Waals surface area contributed by atoms with Gasteiger partial charge in [0.15, 0.2) is 0 Å². The van der Waals surface area contributed by atoms with Crippen molar-refractivity contribution in [1.82, 2.24) is 19.3 Å². The molecule has 8 heteroatoms. The second kappa shape index (κ2) is 7.03. The molecule has 0 radical (unpaired) electrons. The molecule has 0 spiro atoms. The summed E-state index contributed by atoms with van der Waals surface area (Å²) in [5.41, 5.74) is 3.07. The zero-order chi connectivity index (χ0) is 19.0. The number of carbonyl (C=O) groups is 1. The lowest BCUT2D eigenvalue weighted by Crippen LogP contribution is -2.37. The van der Waals surface area contributed by atoms with Crippen LogP contribution in [0.1, 0.15) is 30.2 Å². The Kier molecular flexibility index (Phi) is 4.57. The maximum Gasteiger partial charge on any atom is 0.255 e. The van der Waals surface area contributed by atoms with Crippen molar-refractivity contribution in [2.24, 2.45) is 7.05 Å². The van der Waals surface area contributed by atoms with Gasteiger partial charge in [-0.15, -0.1) is 0 Å². The fourth-order valence-electron chi connectivity index (χ4n) is 3.26. The number of morpholine rings is 1. The summed E-state index contributed by atoms with van der Waals surface area (Å²) >= 11 is 0. The van der Waals surface area contributed by atoms with E-state index in [-0.39, 0.29) is 11.9 Å². The molecule has 4 rings (SSSR count). The second-order valence-electron chi connectivity index (χ2n) is 7.03. The van der Waals surface area contributed by atoms with E-state index in [1.807, 2.05) is 50.0 Å². The summed E-state index contributed by atoms with van der Waals surface area (Å²) in [7, 11) is 2.00. The first kappa shape index (κ1) is 17.5. The van der Waals surface area contributed by atoms with Crippen LogP contribution in [0.25, 0.3) is 11.0 Å². The molecule has 142 valence electrons. The van der Waals surface area contributed by atoms with Crippen LogP contribution in [0.3, 0.4) is 0 Å². The molecule has 8 nitrogen and oxygen atoms in total. The van der Waals surface area contributed by atoms with Crippen molar-refractivity contribution < 1.29 is 9.53 Å². The summed E-state index contributed by atoms with van der Waals surface area (Å²) in [5.74, 6) is 0.739. The predicted octanol–water partition coefficient (Wildman–Crippen LogP) is 2.44. The van der Waals surface area contributed by atoms with E-state index in [2.05, 4.69) is 19.9 Å². The Morgan fingerprint density at radius 1 is 1.26 bits per heavy atom. The summed E-state index contributed by atoms with van der Waals surface area (Å²) in [6.07, 6.45) is 3.49. The van der Waals surface area contributed by atoms with Crippen LogP contribution in [0.5, 0.6) is 0 Å². The Morgan fingerprint density at radius 3 is 2.74 bits per heavy atom. The number of nitrogens with one attached hydrogen (secondary N) is 1. The average Bonchev–Trinajstić information content (AvgIpc) is 3.27. The van der Waals surface area contributed by atoms with Crippen molar-refractivity contribution in [2.75, 3.05) is 36.5 Å². The summed E-state index contributed by atoms with van der Waals surface area (Å²) in [6.45, 7) is 7.15. The largest absolute Gasteiger partial charge is 0.378 e. The van der Waals surface area contributed by atoms with Gasteiger partial charge in [0.2, 0.25) is 5.95 Å². The number of carbonyl (C=O) groups excluding carboxylic acids is 1. The van der Waals surface area contributed by atoms with Crippen molar-refractivity contribution in [2.45, 2.75) is 19.9 Å².